The summed E-state index contributed by atoms with van der Waals surface area (Å²) < 4.78 is 6.35. The highest BCUT2D eigenvalue weighted by molar-refractivity contribution is 5.23. The molecule has 0 bridgehead atoms. The molecule has 2 fully saturated rings. The fraction of sp³-hybridized carbons (Fsp3) is 0.560. The molecule has 0 amide bonds. The molecule has 4 rings (SSSR count). The molecule has 1 N–H and O–H groups in total. The van der Waals surface area contributed by atoms with Crippen LogP contribution in [0.1, 0.15) is 61.8 Å². The lowest BCUT2D eigenvalue weighted by atomic mass is 9.68. The monoisotopic (exact) mass is 378 g/mol. The Morgan fingerprint density at radius 3 is 2.71 bits per heavy atom. The van der Waals surface area contributed by atoms with E-state index < -0.39 is 0 Å². The Hall–Kier alpha value is -1.71. The van der Waals surface area contributed by atoms with E-state index >= 15 is 0 Å². The second kappa shape index (κ2) is 8.75. The lowest BCUT2D eigenvalue weighted by Crippen LogP contribution is -2.47. The standard InChI is InChI=1S/C25H34N2O/c1-21-7-6-8-22(19-21)10-16-26-17-13-24(23-9-2-5-15-27-23)14-18-28-25(20-24)11-3-4-12-25/h2,5-9,15,19,26H,3-4,10-14,16-18,20H2,1H3/t24-/m0/s1. The van der Waals surface area contributed by atoms with Gasteiger partial charge in [0.05, 0.1) is 5.60 Å². The van der Waals surface area contributed by atoms with E-state index in [0.717, 1.165) is 45.4 Å². The molecule has 1 aromatic carbocycles. The van der Waals surface area contributed by atoms with Gasteiger partial charge in [0, 0.05) is 23.9 Å². The summed E-state index contributed by atoms with van der Waals surface area (Å²) in [6, 6.07) is 15.3. The van der Waals surface area contributed by atoms with Crippen molar-refractivity contribution in [2.75, 3.05) is 19.7 Å². The van der Waals surface area contributed by atoms with E-state index in [4.69, 9.17) is 9.72 Å². The third-order valence-corrected chi connectivity index (χ3v) is 6.83. The van der Waals surface area contributed by atoms with Gasteiger partial charge in [0.2, 0.25) is 0 Å². The zero-order chi connectivity index (χ0) is 19.3. The maximum Gasteiger partial charge on any atom is 0.0691 e. The minimum atomic E-state index is 0.108. The molecule has 1 aliphatic heterocycles. The van der Waals surface area contributed by atoms with Crippen LogP contribution in [0.3, 0.4) is 0 Å². The quantitative estimate of drug-likeness (QED) is 0.691. The summed E-state index contributed by atoms with van der Waals surface area (Å²) in [6.45, 7) is 5.11. The summed E-state index contributed by atoms with van der Waals surface area (Å²) >= 11 is 0. The first-order valence-electron chi connectivity index (χ1n) is 11.0. The average molecular weight is 379 g/mol. The molecule has 3 heteroatoms. The van der Waals surface area contributed by atoms with Crippen LogP contribution in [0.5, 0.6) is 0 Å². The molecule has 28 heavy (non-hydrogen) atoms. The van der Waals surface area contributed by atoms with Crippen molar-refractivity contribution in [1.82, 2.24) is 10.3 Å². The third kappa shape index (κ3) is 4.47. The van der Waals surface area contributed by atoms with E-state index in [1.165, 1.54) is 42.5 Å². The normalized spacial score (nSPS) is 23.9. The zero-order valence-electron chi connectivity index (χ0n) is 17.3. The summed E-state index contributed by atoms with van der Waals surface area (Å²) in [5.41, 5.74) is 4.29. The second-order valence-corrected chi connectivity index (χ2v) is 8.90. The fourth-order valence-corrected chi connectivity index (χ4v) is 5.35. The number of pyridine rings is 1. The van der Waals surface area contributed by atoms with Gasteiger partial charge >= 0.3 is 0 Å². The highest BCUT2D eigenvalue weighted by Crippen LogP contribution is 2.49. The molecule has 1 saturated carbocycles. The maximum absolute atomic E-state index is 6.35. The number of benzene rings is 1. The summed E-state index contributed by atoms with van der Waals surface area (Å²) in [6.07, 6.45) is 11.5. The van der Waals surface area contributed by atoms with E-state index in [1.54, 1.807) is 0 Å². The Labute approximate surface area is 169 Å². The van der Waals surface area contributed by atoms with Gasteiger partial charge in [-0.3, -0.25) is 4.98 Å². The van der Waals surface area contributed by atoms with Gasteiger partial charge in [-0.2, -0.15) is 0 Å². The van der Waals surface area contributed by atoms with Crippen LogP contribution in [-0.2, 0) is 16.6 Å². The molecular formula is C25H34N2O. The summed E-state index contributed by atoms with van der Waals surface area (Å²) in [5.74, 6) is 0. The molecule has 150 valence electrons. The van der Waals surface area contributed by atoms with Crippen LogP contribution in [0, 0.1) is 6.92 Å². The van der Waals surface area contributed by atoms with Gasteiger partial charge in [-0.25, -0.2) is 0 Å². The van der Waals surface area contributed by atoms with Crippen LogP contribution in [0.15, 0.2) is 48.7 Å². The average Bonchev–Trinajstić information content (AvgIpc) is 3.16. The van der Waals surface area contributed by atoms with Crippen molar-refractivity contribution < 1.29 is 4.74 Å². The highest BCUT2D eigenvalue weighted by atomic mass is 16.5. The minimum Gasteiger partial charge on any atom is -0.375 e. The summed E-state index contributed by atoms with van der Waals surface area (Å²) in [7, 11) is 0. The SMILES string of the molecule is Cc1cccc(CCNCC[C@]2(c3ccccn3)CCOC3(CCCC3)C2)c1. The first-order chi connectivity index (χ1) is 13.7. The zero-order valence-corrected chi connectivity index (χ0v) is 17.3. The van der Waals surface area contributed by atoms with Crippen LogP contribution in [0.25, 0.3) is 0 Å². The largest absolute Gasteiger partial charge is 0.375 e. The molecule has 1 atom stereocenters. The predicted molar refractivity (Wildman–Crippen MR) is 115 cm³/mol. The fourth-order valence-electron chi connectivity index (χ4n) is 5.35. The van der Waals surface area contributed by atoms with E-state index in [9.17, 15) is 0 Å². The number of rotatable bonds is 7. The van der Waals surface area contributed by atoms with Crippen molar-refractivity contribution in [3.05, 3.63) is 65.5 Å². The highest BCUT2D eigenvalue weighted by Gasteiger charge is 2.48. The van der Waals surface area contributed by atoms with Crippen molar-refractivity contribution >= 4 is 0 Å². The second-order valence-electron chi connectivity index (χ2n) is 8.90. The van der Waals surface area contributed by atoms with E-state index in [-0.39, 0.29) is 11.0 Å². The van der Waals surface area contributed by atoms with Gasteiger partial charge in [-0.05, 0) is 76.2 Å². The number of hydrogen-bond acceptors (Lipinski definition) is 3. The van der Waals surface area contributed by atoms with Gasteiger partial charge in [0.25, 0.3) is 0 Å². The van der Waals surface area contributed by atoms with Crippen LogP contribution in [-0.4, -0.2) is 30.3 Å². The Morgan fingerprint density at radius 1 is 1.04 bits per heavy atom. The van der Waals surface area contributed by atoms with Crippen LogP contribution in [0.2, 0.25) is 0 Å². The maximum atomic E-state index is 6.35. The van der Waals surface area contributed by atoms with Gasteiger partial charge in [-0.1, -0.05) is 48.7 Å². The number of aromatic nitrogens is 1. The van der Waals surface area contributed by atoms with Gasteiger partial charge in [-0.15, -0.1) is 0 Å². The van der Waals surface area contributed by atoms with Gasteiger partial charge in [0.1, 0.15) is 0 Å². The van der Waals surface area contributed by atoms with Crippen molar-refractivity contribution in [2.45, 2.75) is 69.3 Å². The Bertz CT molecular complexity index is 754. The molecule has 1 spiro atoms. The van der Waals surface area contributed by atoms with Gasteiger partial charge < -0.3 is 10.1 Å². The Balaban J connectivity index is 1.39. The lowest BCUT2D eigenvalue weighted by Gasteiger charge is -2.46. The minimum absolute atomic E-state index is 0.108. The number of nitrogens with one attached hydrogen (secondary N) is 1. The molecule has 2 heterocycles. The third-order valence-electron chi connectivity index (χ3n) is 6.83. The summed E-state index contributed by atoms with van der Waals surface area (Å²) in [5, 5.41) is 3.71. The van der Waals surface area contributed by atoms with E-state index in [2.05, 4.69) is 48.6 Å². The van der Waals surface area contributed by atoms with Crippen LogP contribution >= 0.6 is 0 Å². The molecule has 0 radical (unpaired) electrons. The van der Waals surface area contributed by atoms with E-state index in [1.807, 2.05) is 12.3 Å². The Kier molecular flexibility index (Phi) is 6.13. The topological polar surface area (TPSA) is 34.2 Å². The molecule has 2 aliphatic rings. The molecule has 1 saturated heterocycles. The lowest BCUT2D eigenvalue weighted by molar-refractivity contribution is -0.104. The predicted octanol–water partition coefficient (Wildman–Crippen LogP) is 4.97. The molecule has 1 aliphatic carbocycles. The van der Waals surface area contributed by atoms with Crippen molar-refractivity contribution in [3.8, 4) is 0 Å². The number of hydrogen-bond donors (Lipinski definition) is 1. The van der Waals surface area contributed by atoms with Crippen molar-refractivity contribution in [3.63, 3.8) is 0 Å². The molecule has 2 aromatic rings. The number of ether oxygens (including phenoxy) is 1. The number of nitrogens with zero attached hydrogens (tertiary/aromatic N) is 1. The van der Waals surface area contributed by atoms with Gasteiger partial charge in [0.15, 0.2) is 0 Å². The molecular weight excluding hydrogens is 344 g/mol. The van der Waals surface area contributed by atoms with Crippen LogP contribution in [0.4, 0.5) is 0 Å². The first kappa shape index (κ1) is 19.6. The smallest absolute Gasteiger partial charge is 0.0691 e. The summed E-state index contributed by atoms with van der Waals surface area (Å²) in [4.78, 5) is 4.80. The molecule has 0 unspecified atom stereocenters. The Morgan fingerprint density at radius 2 is 1.93 bits per heavy atom. The first-order valence-corrected chi connectivity index (χ1v) is 11.0. The number of aryl methyl sites for hydroxylation is 1. The van der Waals surface area contributed by atoms with Crippen LogP contribution < -0.4 is 5.32 Å². The molecule has 3 nitrogen and oxygen atoms in total. The van der Waals surface area contributed by atoms with Crippen molar-refractivity contribution in [2.24, 2.45) is 0 Å². The van der Waals surface area contributed by atoms with E-state index in [0.29, 0.717) is 0 Å². The molecule has 1 aromatic heterocycles. The van der Waals surface area contributed by atoms with Crippen molar-refractivity contribution in [1.29, 1.82) is 0 Å².